The Morgan fingerprint density at radius 3 is 2.00 bits per heavy atom. The number of hydrogen-bond acceptors (Lipinski definition) is 4. The van der Waals surface area contributed by atoms with Crippen LogP contribution in [-0.2, 0) is 14.3 Å². The number of amides is 1. The topological polar surface area (TPSA) is 79.2 Å². The molecule has 30 heavy (non-hydrogen) atoms. The second-order valence-corrected chi connectivity index (χ2v) is 7.86. The highest BCUT2D eigenvalue weighted by molar-refractivity contribution is 5.80. The molecule has 0 aromatic carbocycles. The molecule has 174 valence electrons. The molecule has 0 fully saturated rings. The van der Waals surface area contributed by atoms with E-state index < -0.39 is 5.97 Å². The molecule has 6 heteroatoms. The van der Waals surface area contributed by atoms with E-state index in [2.05, 4.69) is 28.8 Å². The Labute approximate surface area is 183 Å². The summed E-state index contributed by atoms with van der Waals surface area (Å²) in [5.74, 6) is -1.03. The Kier molecular flexibility index (Phi) is 20.5. The number of rotatable bonds is 17. The number of nitrogens with zero attached hydrogens (tertiary/aromatic N) is 2. The molecule has 0 saturated heterocycles. The van der Waals surface area contributed by atoms with Crippen LogP contribution in [0.2, 0.25) is 0 Å². The highest BCUT2D eigenvalue weighted by atomic mass is 16.5. The van der Waals surface area contributed by atoms with Crippen molar-refractivity contribution >= 4 is 18.3 Å². The molecule has 0 aromatic heterocycles. The molecule has 1 N–H and O–H groups in total. The van der Waals surface area contributed by atoms with Crippen molar-refractivity contribution in [3.8, 4) is 0 Å². The first kappa shape index (κ1) is 28.1. The van der Waals surface area contributed by atoms with Crippen LogP contribution in [0.4, 0.5) is 0 Å². The van der Waals surface area contributed by atoms with Crippen molar-refractivity contribution in [3.63, 3.8) is 0 Å². The van der Waals surface area contributed by atoms with Crippen LogP contribution in [-0.4, -0.2) is 55.0 Å². The van der Waals surface area contributed by atoms with Crippen LogP contribution in [0.15, 0.2) is 17.1 Å². The summed E-state index contributed by atoms with van der Waals surface area (Å²) in [7, 11) is 1.55. The fraction of sp³-hybridized carbons (Fsp3) is 0.792. The molecule has 0 aromatic rings. The van der Waals surface area contributed by atoms with Gasteiger partial charge in [0.2, 0.25) is 5.91 Å². The first-order valence-corrected chi connectivity index (χ1v) is 11.8. The predicted octanol–water partition coefficient (Wildman–Crippen LogP) is 5.61. The summed E-state index contributed by atoms with van der Waals surface area (Å²) in [4.78, 5) is 27.2. The number of aliphatic imine (C=N–C) groups is 1. The van der Waals surface area contributed by atoms with E-state index >= 15 is 0 Å². The number of carboxylic acid groups (broad SMARTS) is 1. The Hall–Kier alpha value is -1.85. The van der Waals surface area contributed by atoms with E-state index in [1.54, 1.807) is 7.05 Å². The third-order valence-electron chi connectivity index (χ3n) is 4.94. The molecular weight excluding hydrogens is 380 g/mol. The number of likely N-dealkylation sites (N-methyl/N-ethyl adjacent to an activating group) is 1. The summed E-state index contributed by atoms with van der Waals surface area (Å²) in [5.41, 5.74) is 0. The molecule has 1 heterocycles. The molecule has 0 saturated carbocycles. The average molecular weight is 425 g/mol. The smallest absolute Gasteiger partial charge is 0.323 e. The van der Waals surface area contributed by atoms with E-state index in [-0.39, 0.29) is 12.5 Å². The van der Waals surface area contributed by atoms with Gasteiger partial charge in [-0.3, -0.25) is 14.6 Å². The Morgan fingerprint density at radius 2 is 1.53 bits per heavy atom. The Balaban J connectivity index is 0.00000145. The Morgan fingerprint density at radius 1 is 0.967 bits per heavy atom. The molecule has 1 rings (SSSR count). The molecular formula is C24H44N2O4. The molecule has 0 unspecified atom stereocenters. The maximum Gasteiger partial charge on any atom is 0.323 e. The number of allylic oxidation sites excluding steroid dienone is 2. The molecule has 1 aliphatic rings. The van der Waals surface area contributed by atoms with Gasteiger partial charge >= 0.3 is 5.97 Å². The first-order chi connectivity index (χ1) is 14.6. The molecule has 0 bridgehead atoms. The SMILES string of the molecule is C1=NCCO1.CCCCCCCC/C=C\CCCCCCCC(=O)N(C)CC(=O)O. The van der Waals surface area contributed by atoms with Gasteiger partial charge in [0.05, 0.1) is 6.54 Å². The largest absolute Gasteiger partial charge is 0.482 e. The van der Waals surface area contributed by atoms with Crippen LogP contribution in [0, 0.1) is 0 Å². The van der Waals surface area contributed by atoms with Gasteiger partial charge in [0.1, 0.15) is 13.2 Å². The number of unbranched alkanes of at least 4 members (excludes halogenated alkanes) is 11. The fourth-order valence-electron chi connectivity index (χ4n) is 3.09. The van der Waals surface area contributed by atoms with Gasteiger partial charge in [-0.05, 0) is 32.1 Å². The van der Waals surface area contributed by atoms with Gasteiger partial charge in [0.15, 0.2) is 6.40 Å². The number of carbonyl (C=O) groups excluding carboxylic acids is 1. The van der Waals surface area contributed by atoms with Gasteiger partial charge in [0, 0.05) is 13.5 Å². The minimum atomic E-state index is -0.958. The van der Waals surface area contributed by atoms with Crippen LogP contribution in [0.25, 0.3) is 0 Å². The van der Waals surface area contributed by atoms with Gasteiger partial charge in [-0.25, -0.2) is 0 Å². The molecule has 0 spiro atoms. The summed E-state index contributed by atoms with van der Waals surface area (Å²) >= 11 is 0. The standard InChI is InChI=1S/C21H39NO3.C3H5NO/c1-3-4-5-6-7-8-9-10-11-12-13-14-15-16-17-18-20(23)22(2)19-21(24)25;1-2-5-3-4-1/h10-11H,3-9,12-19H2,1-2H3,(H,24,25);3H,1-2H2/b11-10-;. The maximum absolute atomic E-state index is 11.7. The maximum atomic E-state index is 11.7. The van der Waals surface area contributed by atoms with Crippen LogP contribution < -0.4 is 0 Å². The third kappa shape index (κ3) is 20.9. The van der Waals surface area contributed by atoms with E-state index in [0.29, 0.717) is 6.42 Å². The molecule has 0 atom stereocenters. The van der Waals surface area contributed by atoms with Crippen molar-refractivity contribution < 1.29 is 19.4 Å². The summed E-state index contributed by atoms with van der Waals surface area (Å²) in [6, 6.07) is 0. The molecule has 1 aliphatic heterocycles. The minimum absolute atomic E-state index is 0.0694. The highest BCUT2D eigenvalue weighted by Crippen LogP contribution is 2.10. The molecule has 0 aliphatic carbocycles. The third-order valence-corrected chi connectivity index (χ3v) is 4.94. The number of aliphatic carboxylic acids is 1. The molecule has 6 nitrogen and oxygen atoms in total. The van der Waals surface area contributed by atoms with Gasteiger partial charge in [-0.2, -0.15) is 0 Å². The van der Waals surface area contributed by atoms with Gasteiger partial charge in [0.25, 0.3) is 0 Å². The quantitative estimate of drug-likeness (QED) is 0.243. The lowest BCUT2D eigenvalue weighted by Crippen LogP contribution is -2.31. The molecule has 1 amide bonds. The summed E-state index contributed by atoms with van der Waals surface area (Å²) in [5, 5.41) is 8.64. The normalized spacial score (nSPS) is 12.5. The van der Waals surface area contributed by atoms with Gasteiger partial charge < -0.3 is 14.7 Å². The molecule has 0 radical (unpaired) electrons. The average Bonchev–Trinajstić information content (AvgIpc) is 3.30. The second kappa shape index (κ2) is 21.8. The monoisotopic (exact) mass is 424 g/mol. The van der Waals surface area contributed by atoms with E-state index in [9.17, 15) is 9.59 Å². The number of carbonyl (C=O) groups is 2. The first-order valence-electron chi connectivity index (χ1n) is 11.8. The lowest BCUT2D eigenvalue weighted by Gasteiger charge is -2.14. The van der Waals surface area contributed by atoms with Crippen LogP contribution >= 0.6 is 0 Å². The van der Waals surface area contributed by atoms with E-state index in [4.69, 9.17) is 5.11 Å². The van der Waals surface area contributed by atoms with Crippen molar-refractivity contribution in [3.05, 3.63) is 12.2 Å². The van der Waals surface area contributed by atoms with Crippen LogP contribution in [0.5, 0.6) is 0 Å². The predicted molar refractivity (Wildman–Crippen MR) is 124 cm³/mol. The van der Waals surface area contributed by atoms with E-state index in [0.717, 1.165) is 38.8 Å². The van der Waals surface area contributed by atoms with Crippen LogP contribution in [0.1, 0.15) is 96.8 Å². The zero-order valence-corrected chi connectivity index (χ0v) is 19.3. The summed E-state index contributed by atoms with van der Waals surface area (Å²) in [6.07, 6.45) is 22.6. The number of carboxylic acids is 1. The number of hydrogen-bond donors (Lipinski definition) is 1. The van der Waals surface area contributed by atoms with Gasteiger partial charge in [-0.1, -0.05) is 70.4 Å². The second-order valence-electron chi connectivity index (χ2n) is 7.86. The minimum Gasteiger partial charge on any atom is -0.482 e. The lowest BCUT2D eigenvalue weighted by atomic mass is 10.1. The van der Waals surface area contributed by atoms with Crippen molar-refractivity contribution in [2.45, 2.75) is 96.8 Å². The zero-order valence-electron chi connectivity index (χ0n) is 19.3. The van der Waals surface area contributed by atoms with Gasteiger partial charge in [-0.15, -0.1) is 0 Å². The van der Waals surface area contributed by atoms with Crippen molar-refractivity contribution in [1.29, 1.82) is 0 Å². The Bertz CT molecular complexity index is 472. The zero-order chi connectivity index (χ0) is 22.3. The lowest BCUT2D eigenvalue weighted by molar-refractivity contribution is -0.143. The van der Waals surface area contributed by atoms with Crippen LogP contribution in [0.3, 0.4) is 0 Å². The summed E-state index contributed by atoms with van der Waals surface area (Å²) < 4.78 is 4.65. The van der Waals surface area contributed by atoms with E-state index in [1.165, 1.54) is 69.1 Å². The van der Waals surface area contributed by atoms with Crippen molar-refractivity contribution in [1.82, 2.24) is 4.90 Å². The fourth-order valence-corrected chi connectivity index (χ4v) is 3.09. The number of ether oxygens (including phenoxy) is 1. The highest BCUT2D eigenvalue weighted by Gasteiger charge is 2.10. The van der Waals surface area contributed by atoms with E-state index in [1.807, 2.05) is 0 Å². The summed E-state index contributed by atoms with van der Waals surface area (Å²) in [6.45, 7) is 3.67. The van der Waals surface area contributed by atoms with Crippen molar-refractivity contribution in [2.24, 2.45) is 4.99 Å². The van der Waals surface area contributed by atoms with Crippen molar-refractivity contribution in [2.75, 3.05) is 26.7 Å².